The summed E-state index contributed by atoms with van der Waals surface area (Å²) in [5, 5.41) is 19.0. The molecule has 1 aromatic heterocycles. The molecule has 1 fully saturated rings. The Kier molecular flexibility index (Phi) is 5.82. The average molecular weight is 294 g/mol. The standard InChI is InChI=1S/C16H26N2O3/c1-13-11-15(20)16(21)14(12-17-7-4-5-8-17)18(13)9-3-2-6-10-19/h11,19,21H,2-10,12H2,1H3. The van der Waals surface area contributed by atoms with E-state index in [4.69, 9.17) is 5.11 Å². The van der Waals surface area contributed by atoms with Gasteiger partial charge in [-0.05, 0) is 52.1 Å². The van der Waals surface area contributed by atoms with Gasteiger partial charge in [0.1, 0.15) is 0 Å². The van der Waals surface area contributed by atoms with Gasteiger partial charge in [-0.1, -0.05) is 0 Å². The van der Waals surface area contributed by atoms with Gasteiger partial charge in [0.2, 0.25) is 5.43 Å². The van der Waals surface area contributed by atoms with E-state index in [1.54, 1.807) is 0 Å². The summed E-state index contributed by atoms with van der Waals surface area (Å²) in [6.45, 7) is 5.62. The minimum absolute atomic E-state index is 0.102. The van der Waals surface area contributed by atoms with Crippen LogP contribution < -0.4 is 5.43 Å². The molecule has 0 bridgehead atoms. The first-order valence-corrected chi connectivity index (χ1v) is 7.89. The van der Waals surface area contributed by atoms with Crippen LogP contribution in [0.1, 0.15) is 43.5 Å². The van der Waals surface area contributed by atoms with Crippen molar-refractivity contribution in [3.63, 3.8) is 0 Å². The molecule has 0 spiro atoms. The number of hydrogen-bond acceptors (Lipinski definition) is 4. The fourth-order valence-electron chi connectivity index (χ4n) is 3.00. The highest BCUT2D eigenvalue weighted by Crippen LogP contribution is 2.20. The van der Waals surface area contributed by atoms with Gasteiger partial charge in [-0.25, -0.2) is 0 Å². The highest BCUT2D eigenvalue weighted by atomic mass is 16.3. The topological polar surface area (TPSA) is 65.7 Å². The van der Waals surface area contributed by atoms with Crippen molar-refractivity contribution < 1.29 is 10.2 Å². The Morgan fingerprint density at radius 3 is 2.57 bits per heavy atom. The van der Waals surface area contributed by atoms with E-state index in [2.05, 4.69) is 9.47 Å². The number of unbranched alkanes of at least 4 members (excludes halogenated alkanes) is 2. The number of aromatic nitrogens is 1. The van der Waals surface area contributed by atoms with Gasteiger partial charge >= 0.3 is 0 Å². The smallest absolute Gasteiger partial charge is 0.223 e. The minimum Gasteiger partial charge on any atom is -0.503 e. The van der Waals surface area contributed by atoms with Gasteiger partial charge in [-0.2, -0.15) is 0 Å². The van der Waals surface area contributed by atoms with Crippen molar-refractivity contribution in [3.05, 3.63) is 27.7 Å². The second-order valence-electron chi connectivity index (χ2n) is 5.86. The Bertz CT molecular complexity index is 519. The van der Waals surface area contributed by atoms with Crippen molar-refractivity contribution in [2.24, 2.45) is 0 Å². The maximum absolute atomic E-state index is 11.8. The molecule has 0 aromatic carbocycles. The lowest BCUT2D eigenvalue weighted by Crippen LogP contribution is -2.25. The third-order valence-corrected chi connectivity index (χ3v) is 4.21. The second-order valence-corrected chi connectivity index (χ2v) is 5.86. The number of aryl methyl sites for hydroxylation is 1. The molecule has 0 saturated carbocycles. The number of aliphatic hydroxyl groups excluding tert-OH is 1. The first-order chi connectivity index (χ1) is 10.1. The summed E-state index contributed by atoms with van der Waals surface area (Å²) < 4.78 is 2.06. The van der Waals surface area contributed by atoms with E-state index in [1.807, 2.05) is 6.92 Å². The predicted molar refractivity (Wildman–Crippen MR) is 82.6 cm³/mol. The molecule has 1 aromatic rings. The van der Waals surface area contributed by atoms with E-state index in [0.29, 0.717) is 6.54 Å². The molecule has 1 saturated heterocycles. The van der Waals surface area contributed by atoms with E-state index in [0.717, 1.165) is 50.3 Å². The predicted octanol–water partition coefficient (Wildman–Crippen LogP) is 1.62. The Hall–Kier alpha value is -1.33. The van der Waals surface area contributed by atoms with Gasteiger partial charge in [0.05, 0.1) is 5.69 Å². The highest BCUT2D eigenvalue weighted by molar-refractivity contribution is 5.29. The van der Waals surface area contributed by atoms with Crippen LogP contribution in [0.4, 0.5) is 0 Å². The van der Waals surface area contributed by atoms with E-state index in [1.165, 1.54) is 18.9 Å². The van der Waals surface area contributed by atoms with Crippen LogP contribution in [0, 0.1) is 6.92 Å². The Morgan fingerprint density at radius 1 is 1.19 bits per heavy atom. The summed E-state index contributed by atoms with van der Waals surface area (Å²) in [5.74, 6) is -0.102. The maximum atomic E-state index is 11.8. The van der Waals surface area contributed by atoms with E-state index >= 15 is 0 Å². The molecule has 2 rings (SSSR count). The molecule has 1 aliphatic heterocycles. The first kappa shape index (κ1) is 16.0. The fraction of sp³-hybridized carbons (Fsp3) is 0.688. The molecule has 0 radical (unpaired) electrons. The number of aromatic hydroxyl groups is 1. The number of rotatable bonds is 7. The maximum Gasteiger partial charge on any atom is 0.223 e. The molecular weight excluding hydrogens is 268 g/mol. The SMILES string of the molecule is Cc1cc(=O)c(O)c(CN2CCCC2)n1CCCCCO. The molecule has 0 atom stereocenters. The van der Waals surface area contributed by atoms with Crippen LogP contribution in [0.25, 0.3) is 0 Å². The van der Waals surface area contributed by atoms with Gasteiger partial charge in [-0.15, -0.1) is 0 Å². The van der Waals surface area contributed by atoms with Gasteiger partial charge < -0.3 is 14.8 Å². The zero-order valence-electron chi connectivity index (χ0n) is 12.8. The monoisotopic (exact) mass is 294 g/mol. The van der Waals surface area contributed by atoms with E-state index < -0.39 is 0 Å². The summed E-state index contributed by atoms with van der Waals surface area (Å²) >= 11 is 0. The molecule has 1 aliphatic rings. The lowest BCUT2D eigenvalue weighted by molar-refractivity contribution is 0.280. The molecule has 2 N–H and O–H groups in total. The number of nitrogens with zero attached hydrogens (tertiary/aromatic N) is 2. The van der Waals surface area contributed by atoms with Crippen LogP contribution in [-0.4, -0.2) is 39.4 Å². The molecule has 2 heterocycles. The Morgan fingerprint density at radius 2 is 1.90 bits per heavy atom. The third-order valence-electron chi connectivity index (χ3n) is 4.21. The van der Waals surface area contributed by atoms with Crippen molar-refractivity contribution in [2.45, 2.75) is 52.1 Å². The average Bonchev–Trinajstić information content (AvgIpc) is 2.96. The van der Waals surface area contributed by atoms with Crippen LogP contribution in [-0.2, 0) is 13.1 Å². The molecule has 0 unspecified atom stereocenters. The molecule has 5 heteroatoms. The van der Waals surface area contributed by atoms with Crippen LogP contribution in [0.3, 0.4) is 0 Å². The zero-order chi connectivity index (χ0) is 15.2. The van der Waals surface area contributed by atoms with Crippen molar-refractivity contribution in [1.29, 1.82) is 0 Å². The zero-order valence-corrected chi connectivity index (χ0v) is 12.8. The number of aliphatic hydroxyl groups is 1. The number of likely N-dealkylation sites (tertiary alicyclic amines) is 1. The Labute approximate surface area is 125 Å². The van der Waals surface area contributed by atoms with Crippen LogP contribution in [0.15, 0.2) is 10.9 Å². The molecule has 0 aliphatic carbocycles. The van der Waals surface area contributed by atoms with Crippen molar-refractivity contribution in [3.8, 4) is 5.75 Å². The summed E-state index contributed by atoms with van der Waals surface area (Å²) in [6, 6.07) is 1.51. The third kappa shape index (κ3) is 4.08. The lowest BCUT2D eigenvalue weighted by atomic mass is 10.2. The van der Waals surface area contributed by atoms with E-state index in [-0.39, 0.29) is 17.8 Å². The molecular formula is C16H26N2O3. The quantitative estimate of drug-likeness (QED) is 0.750. The number of pyridine rings is 1. The van der Waals surface area contributed by atoms with Crippen LogP contribution in [0.5, 0.6) is 5.75 Å². The van der Waals surface area contributed by atoms with Crippen molar-refractivity contribution in [2.75, 3.05) is 19.7 Å². The summed E-state index contributed by atoms with van der Waals surface area (Å²) in [5.41, 5.74) is 1.36. The Balaban J connectivity index is 2.19. The fourth-order valence-corrected chi connectivity index (χ4v) is 3.00. The van der Waals surface area contributed by atoms with Crippen molar-refractivity contribution in [1.82, 2.24) is 9.47 Å². The van der Waals surface area contributed by atoms with Gasteiger partial charge in [0.15, 0.2) is 5.75 Å². The lowest BCUT2D eigenvalue weighted by Gasteiger charge is -2.22. The second kappa shape index (κ2) is 7.61. The molecule has 5 nitrogen and oxygen atoms in total. The largest absolute Gasteiger partial charge is 0.503 e. The summed E-state index contributed by atoms with van der Waals surface area (Å²) in [7, 11) is 0. The normalized spacial score (nSPS) is 15.7. The van der Waals surface area contributed by atoms with Gasteiger partial charge in [-0.3, -0.25) is 9.69 Å². The number of hydrogen-bond donors (Lipinski definition) is 2. The summed E-state index contributed by atoms with van der Waals surface area (Å²) in [6.07, 6.45) is 5.07. The van der Waals surface area contributed by atoms with Crippen molar-refractivity contribution >= 4 is 0 Å². The molecule has 118 valence electrons. The van der Waals surface area contributed by atoms with Crippen LogP contribution in [0.2, 0.25) is 0 Å². The van der Waals surface area contributed by atoms with E-state index in [9.17, 15) is 9.90 Å². The first-order valence-electron chi connectivity index (χ1n) is 7.89. The van der Waals surface area contributed by atoms with Crippen LogP contribution >= 0.6 is 0 Å². The van der Waals surface area contributed by atoms with Gasteiger partial charge in [0.25, 0.3) is 0 Å². The van der Waals surface area contributed by atoms with Gasteiger partial charge in [0, 0.05) is 31.5 Å². The molecule has 21 heavy (non-hydrogen) atoms. The summed E-state index contributed by atoms with van der Waals surface area (Å²) in [4.78, 5) is 14.1. The highest BCUT2D eigenvalue weighted by Gasteiger charge is 2.18. The molecule has 0 amide bonds. The minimum atomic E-state index is -0.284.